The molecule has 2 aliphatic carbocycles. The summed E-state index contributed by atoms with van der Waals surface area (Å²) in [6.07, 6.45) is 15.1. The lowest BCUT2D eigenvalue weighted by molar-refractivity contribution is -0.00546. The summed E-state index contributed by atoms with van der Waals surface area (Å²) in [6.45, 7) is 1.59. The molecule has 2 saturated carbocycles. The van der Waals surface area contributed by atoms with Crippen LogP contribution in [-0.2, 0) is 11.2 Å². The summed E-state index contributed by atoms with van der Waals surface area (Å²) in [5.74, 6) is 1.78. The smallest absolute Gasteiger partial charge is 0.257 e. The van der Waals surface area contributed by atoms with Crippen LogP contribution in [0.5, 0.6) is 0 Å². The number of carbonyl (C=O) groups excluding carboxylic acids is 1. The molecule has 1 saturated heterocycles. The monoisotopic (exact) mass is 412 g/mol. The maximum absolute atomic E-state index is 12.8. The predicted octanol–water partition coefficient (Wildman–Crippen LogP) is 3.73. The van der Waals surface area contributed by atoms with Crippen molar-refractivity contribution in [1.29, 1.82) is 0 Å². The van der Waals surface area contributed by atoms with Gasteiger partial charge in [-0.15, -0.1) is 5.10 Å². The highest BCUT2D eigenvalue weighted by atomic mass is 16.5. The molecule has 0 bridgehead atoms. The number of methoxy groups -OCH3 is 1. The van der Waals surface area contributed by atoms with Crippen molar-refractivity contribution in [3.05, 3.63) is 36.0 Å². The quantitative estimate of drug-likeness (QED) is 0.748. The highest BCUT2D eigenvalue weighted by Crippen LogP contribution is 2.42. The van der Waals surface area contributed by atoms with E-state index in [1.807, 2.05) is 9.58 Å². The van der Waals surface area contributed by atoms with E-state index in [-0.39, 0.29) is 18.1 Å². The van der Waals surface area contributed by atoms with Gasteiger partial charge in [0.05, 0.1) is 29.7 Å². The summed E-state index contributed by atoms with van der Waals surface area (Å²) in [5, 5.41) is 9.01. The van der Waals surface area contributed by atoms with Crippen LogP contribution in [-0.4, -0.2) is 52.1 Å². The zero-order valence-electron chi connectivity index (χ0n) is 17.8. The predicted molar refractivity (Wildman–Crippen MR) is 111 cm³/mol. The molecule has 0 N–H and O–H groups in total. The molecule has 2 aromatic rings. The van der Waals surface area contributed by atoms with E-state index >= 15 is 0 Å². The number of amides is 1. The van der Waals surface area contributed by atoms with Gasteiger partial charge >= 0.3 is 0 Å². The first-order valence-electron chi connectivity index (χ1n) is 11.5. The number of likely N-dealkylation sites (tertiary alicyclic amines) is 1. The molecule has 5 rings (SSSR count). The van der Waals surface area contributed by atoms with Crippen LogP contribution in [0.1, 0.15) is 67.0 Å². The molecule has 7 nitrogen and oxygen atoms in total. The minimum absolute atomic E-state index is 0.0687. The van der Waals surface area contributed by atoms with Crippen LogP contribution in [0.4, 0.5) is 0 Å². The van der Waals surface area contributed by atoms with Crippen molar-refractivity contribution in [2.75, 3.05) is 20.2 Å². The van der Waals surface area contributed by atoms with Crippen molar-refractivity contribution >= 4 is 5.91 Å². The van der Waals surface area contributed by atoms with Crippen LogP contribution in [0, 0.1) is 17.8 Å². The fourth-order valence-electron chi connectivity index (χ4n) is 5.91. The van der Waals surface area contributed by atoms with Crippen molar-refractivity contribution in [1.82, 2.24) is 19.9 Å². The first-order valence-corrected chi connectivity index (χ1v) is 11.5. The third-order valence-corrected chi connectivity index (χ3v) is 7.56. The van der Waals surface area contributed by atoms with Gasteiger partial charge < -0.3 is 14.1 Å². The van der Waals surface area contributed by atoms with Gasteiger partial charge in [0.2, 0.25) is 0 Å². The van der Waals surface area contributed by atoms with E-state index in [0.29, 0.717) is 17.4 Å². The molecule has 3 aliphatic rings. The lowest BCUT2D eigenvalue weighted by Crippen LogP contribution is -2.37. The van der Waals surface area contributed by atoms with E-state index in [9.17, 15) is 4.79 Å². The van der Waals surface area contributed by atoms with Crippen molar-refractivity contribution in [2.24, 2.45) is 17.8 Å². The second-order valence-corrected chi connectivity index (χ2v) is 9.45. The third-order valence-electron chi connectivity index (χ3n) is 7.56. The highest BCUT2D eigenvalue weighted by molar-refractivity contribution is 5.94. The number of ether oxygens (including phenoxy) is 1. The van der Waals surface area contributed by atoms with E-state index in [0.717, 1.165) is 44.0 Å². The Balaban J connectivity index is 1.26. The van der Waals surface area contributed by atoms with Crippen molar-refractivity contribution in [2.45, 2.75) is 63.5 Å². The van der Waals surface area contributed by atoms with E-state index in [1.54, 1.807) is 19.4 Å². The topological polar surface area (TPSA) is 73.4 Å². The Kier molecular flexibility index (Phi) is 5.63. The lowest BCUT2D eigenvalue weighted by Gasteiger charge is -2.36. The number of carbonyl (C=O) groups is 1. The standard InChI is InChI=1S/C23H32N4O3/c1-29-22-11-19-13-26(23(28)17-7-8-30-15-17)12-18(19)10-21(22)27-14-20(24-25-27)9-16-5-3-2-4-6-16/h7-8,14-16,18-19,21-22H,2-6,9-13H2,1H3/t18-,19+,21-,22-/m1/s1. The van der Waals surface area contributed by atoms with Crippen molar-refractivity contribution in [3.8, 4) is 0 Å². The molecule has 0 aromatic carbocycles. The summed E-state index contributed by atoms with van der Waals surface area (Å²) in [6, 6.07) is 1.93. The zero-order chi connectivity index (χ0) is 20.5. The molecule has 3 fully saturated rings. The first-order chi connectivity index (χ1) is 14.7. The van der Waals surface area contributed by atoms with Crippen molar-refractivity contribution in [3.63, 3.8) is 0 Å². The highest BCUT2D eigenvalue weighted by Gasteiger charge is 2.44. The third kappa shape index (κ3) is 3.92. The fourth-order valence-corrected chi connectivity index (χ4v) is 5.91. The van der Waals surface area contributed by atoms with Gasteiger partial charge in [-0.25, -0.2) is 4.68 Å². The van der Waals surface area contributed by atoms with Crippen molar-refractivity contribution < 1.29 is 13.9 Å². The Bertz CT molecular complexity index is 843. The largest absolute Gasteiger partial charge is 0.472 e. The average Bonchev–Trinajstić information content (AvgIpc) is 3.53. The van der Waals surface area contributed by atoms with Gasteiger partial charge in [0, 0.05) is 26.4 Å². The van der Waals surface area contributed by atoms with Crippen LogP contribution in [0.15, 0.2) is 29.2 Å². The molecule has 1 aliphatic heterocycles. The van der Waals surface area contributed by atoms with Crippen LogP contribution >= 0.6 is 0 Å². The molecule has 7 heteroatoms. The molecule has 4 atom stereocenters. The van der Waals surface area contributed by atoms with E-state index in [1.165, 1.54) is 38.4 Å². The molecule has 1 amide bonds. The van der Waals surface area contributed by atoms with E-state index in [2.05, 4.69) is 16.5 Å². The Morgan fingerprint density at radius 2 is 2.00 bits per heavy atom. The summed E-state index contributed by atoms with van der Waals surface area (Å²) < 4.78 is 13.0. The normalized spacial score (nSPS) is 29.8. The molecule has 162 valence electrons. The summed E-state index contributed by atoms with van der Waals surface area (Å²) in [4.78, 5) is 14.7. The number of aromatic nitrogens is 3. The molecule has 30 heavy (non-hydrogen) atoms. The van der Waals surface area contributed by atoms with Crippen LogP contribution in [0.25, 0.3) is 0 Å². The number of furan rings is 1. The van der Waals surface area contributed by atoms with Gasteiger partial charge in [0.15, 0.2) is 0 Å². The van der Waals surface area contributed by atoms with E-state index < -0.39 is 0 Å². The maximum atomic E-state index is 12.8. The summed E-state index contributed by atoms with van der Waals surface area (Å²) in [7, 11) is 1.79. The first kappa shape index (κ1) is 19.8. The van der Waals surface area contributed by atoms with E-state index in [4.69, 9.17) is 9.15 Å². The maximum Gasteiger partial charge on any atom is 0.257 e. The lowest BCUT2D eigenvalue weighted by atomic mass is 9.77. The van der Waals surface area contributed by atoms with Crippen LogP contribution < -0.4 is 0 Å². The number of rotatable bonds is 5. The molecule has 0 radical (unpaired) electrons. The summed E-state index contributed by atoms with van der Waals surface area (Å²) >= 11 is 0. The molecule has 3 heterocycles. The van der Waals surface area contributed by atoms with Gasteiger partial charge in [-0.05, 0) is 43.1 Å². The average molecular weight is 413 g/mol. The Morgan fingerprint density at radius 1 is 1.20 bits per heavy atom. The van der Waals surface area contributed by atoms with Gasteiger partial charge in [0.1, 0.15) is 6.26 Å². The SMILES string of the molecule is CO[C@@H]1C[C@H]2CN(C(=O)c3ccoc3)C[C@H]2C[C@H]1n1cc(CC2CCCCC2)nn1. The second-order valence-electron chi connectivity index (χ2n) is 9.45. The zero-order valence-corrected chi connectivity index (χ0v) is 17.8. The number of nitrogens with zero attached hydrogens (tertiary/aromatic N) is 4. The van der Waals surface area contributed by atoms with Crippen LogP contribution in [0.3, 0.4) is 0 Å². The Morgan fingerprint density at radius 3 is 2.73 bits per heavy atom. The van der Waals surface area contributed by atoms with Gasteiger partial charge in [0.25, 0.3) is 5.91 Å². The molecular formula is C23H32N4O3. The summed E-state index contributed by atoms with van der Waals surface area (Å²) in [5.41, 5.74) is 1.75. The molecule has 2 aromatic heterocycles. The molecule has 0 spiro atoms. The molecular weight excluding hydrogens is 380 g/mol. The number of hydrogen-bond acceptors (Lipinski definition) is 5. The number of fused-ring (bicyclic) bond motifs is 1. The fraction of sp³-hybridized carbons (Fsp3) is 0.696. The van der Waals surface area contributed by atoms with Gasteiger partial charge in [-0.3, -0.25) is 4.79 Å². The second kappa shape index (κ2) is 8.53. The van der Waals surface area contributed by atoms with Gasteiger partial charge in [-0.2, -0.15) is 0 Å². The minimum atomic E-state index is 0.0687. The van der Waals surface area contributed by atoms with Gasteiger partial charge in [-0.1, -0.05) is 37.3 Å². The Labute approximate surface area is 177 Å². The Hall–Kier alpha value is -2.15. The minimum Gasteiger partial charge on any atom is -0.472 e. The molecule has 0 unspecified atom stereocenters. The van der Waals surface area contributed by atoms with Crippen LogP contribution in [0.2, 0.25) is 0 Å². The number of hydrogen-bond donors (Lipinski definition) is 0.